The summed E-state index contributed by atoms with van der Waals surface area (Å²) in [5, 5.41) is 20.6. The Kier molecular flexibility index (Phi) is 6.39. The van der Waals surface area contributed by atoms with E-state index >= 15 is 0 Å². The quantitative estimate of drug-likeness (QED) is 0.572. The maximum Gasteiger partial charge on any atom is 0.492 e. The molecule has 1 aromatic carbocycles. The lowest BCUT2D eigenvalue weighted by Gasteiger charge is -2.38. The summed E-state index contributed by atoms with van der Waals surface area (Å²) in [6.45, 7) is 8.55. The van der Waals surface area contributed by atoms with Crippen LogP contribution in [0.5, 0.6) is 0 Å². The number of hydrogen-bond acceptors (Lipinski definition) is 4. The number of carbonyl (C=O) groups is 1. The number of ketones is 1. The summed E-state index contributed by atoms with van der Waals surface area (Å²) in [4.78, 5) is 12.3. The number of rotatable bonds is 7. The summed E-state index contributed by atoms with van der Waals surface area (Å²) in [6.07, 6.45) is 1.13. The molecule has 0 aliphatic carbocycles. The SMILES string of the molecule is CCCC(=O)c1c(Br)cccc1B(O)OC(C)(C)C(C)(C)O. The van der Waals surface area contributed by atoms with Crippen LogP contribution in [0.4, 0.5) is 0 Å². The Morgan fingerprint density at radius 2 is 1.91 bits per heavy atom. The van der Waals surface area contributed by atoms with Crippen LogP contribution >= 0.6 is 15.9 Å². The zero-order valence-electron chi connectivity index (χ0n) is 13.8. The zero-order valence-corrected chi connectivity index (χ0v) is 15.4. The van der Waals surface area contributed by atoms with Crippen molar-refractivity contribution >= 4 is 34.3 Å². The molecule has 0 aliphatic heterocycles. The van der Waals surface area contributed by atoms with Gasteiger partial charge in [-0.1, -0.05) is 35.0 Å². The van der Waals surface area contributed by atoms with Gasteiger partial charge in [-0.2, -0.15) is 0 Å². The fourth-order valence-electron chi connectivity index (χ4n) is 1.88. The Labute approximate surface area is 141 Å². The minimum Gasteiger partial charge on any atom is -0.423 e. The van der Waals surface area contributed by atoms with Gasteiger partial charge in [-0.05, 0) is 45.6 Å². The standard InChI is InChI=1S/C16H24BBrO4/c1-6-8-13(19)14-11(9-7-10-12(14)18)17(21)22-16(4,5)15(2,3)20/h7,9-10,20-21H,6,8H2,1-5H3. The monoisotopic (exact) mass is 370 g/mol. The van der Waals surface area contributed by atoms with E-state index in [0.29, 0.717) is 21.9 Å². The van der Waals surface area contributed by atoms with Crippen LogP contribution in [-0.4, -0.2) is 34.2 Å². The Hall–Kier alpha value is -0.685. The number of halogens is 1. The second-order valence-corrected chi connectivity index (χ2v) is 7.27. The van der Waals surface area contributed by atoms with Crippen LogP contribution in [0.25, 0.3) is 0 Å². The van der Waals surface area contributed by atoms with Crippen molar-refractivity contribution in [2.24, 2.45) is 0 Å². The average Bonchev–Trinajstić information content (AvgIpc) is 2.36. The van der Waals surface area contributed by atoms with Gasteiger partial charge in [0.25, 0.3) is 0 Å². The number of benzene rings is 1. The maximum atomic E-state index is 12.3. The molecule has 4 nitrogen and oxygen atoms in total. The molecule has 122 valence electrons. The Morgan fingerprint density at radius 1 is 1.32 bits per heavy atom. The van der Waals surface area contributed by atoms with Crippen LogP contribution in [0.3, 0.4) is 0 Å². The van der Waals surface area contributed by atoms with Crippen molar-refractivity contribution in [3.05, 3.63) is 28.2 Å². The number of Topliss-reactive ketones (excluding diaryl/α,β-unsaturated/α-hetero) is 1. The Balaban J connectivity index is 3.16. The lowest BCUT2D eigenvalue weighted by Crippen LogP contribution is -2.53. The molecule has 0 aliphatic rings. The smallest absolute Gasteiger partial charge is 0.423 e. The third-order valence-electron chi connectivity index (χ3n) is 3.95. The van der Waals surface area contributed by atoms with Crippen LogP contribution in [-0.2, 0) is 4.65 Å². The van der Waals surface area contributed by atoms with Crippen molar-refractivity contribution in [2.45, 2.75) is 58.7 Å². The van der Waals surface area contributed by atoms with E-state index in [0.717, 1.165) is 6.42 Å². The van der Waals surface area contributed by atoms with Gasteiger partial charge in [-0.15, -0.1) is 0 Å². The third-order valence-corrected chi connectivity index (χ3v) is 4.61. The van der Waals surface area contributed by atoms with Gasteiger partial charge in [0.05, 0.1) is 11.2 Å². The molecule has 0 bridgehead atoms. The normalized spacial score (nSPS) is 12.4. The van der Waals surface area contributed by atoms with Gasteiger partial charge in [-0.25, -0.2) is 0 Å². The van der Waals surface area contributed by atoms with E-state index in [1.54, 1.807) is 45.9 Å². The number of hydrogen-bond donors (Lipinski definition) is 2. The van der Waals surface area contributed by atoms with Crippen LogP contribution in [0, 0.1) is 0 Å². The minimum atomic E-state index is -1.30. The van der Waals surface area contributed by atoms with Crippen LogP contribution in [0.2, 0.25) is 0 Å². The molecular formula is C16H24BBrO4. The van der Waals surface area contributed by atoms with Crippen molar-refractivity contribution < 1.29 is 19.6 Å². The number of carbonyl (C=O) groups excluding carboxylic acids is 1. The minimum absolute atomic E-state index is 0.0475. The third kappa shape index (κ3) is 4.41. The van der Waals surface area contributed by atoms with Gasteiger partial charge >= 0.3 is 7.12 Å². The molecule has 0 radical (unpaired) electrons. The van der Waals surface area contributed by atoms with Crippen molar-refractivity contribution in [3.8, 4) is 0 Å². The summed E-state index contributed by atoms with van der Waals surface area (Å²) in [7, 11) is -1.30. The lowest BCUT2D eigenvalue weighted by atomic mass is 9.73. The topological polar surface area (TPSA) is 66.8 Å². The van der Waals surface area contributed by atoms with Gasteiger partial charge in [-0.3, -0.25) is 4.79 Å². The molecule has 6 heteroatoms. The molecule has 0 saturated heterocycles. The summed E-state index contributed by atoms with van der Waals surface area (Å²) in [6, 6.07) is 5.17. The highest BCUT2D eigenvalue weighted by Gasteiger charge is 2.40. The fraction of sp³-hybridized carbons (Fsp3) is 0.562. The highest BCUT2D eigenvalue weighted by atomic mass is 79.9. The average molecular weight is 371 g/mol. The lowest BCUT2D eigenvalue weighted by molar-refractivity contribution is -0.0982. The van der Waals surface area contributed by atoms with Crippen molar-refractivity contribution in [1.82, 2.24) is 0 Å². The van der Waals surface area contributed by atoms with Crippen molar-refractivity contribution in [3.63, 3.8) is 0 Å². The van der Waals surface area contributed by atoms with E-state index in [1.807, 2.05) is 6.92 Å². The molecular weight excluding hydrogens is 347 g/mol. The molecule has 1 aromatic rings. The zero-order chi connectivity index (χ0) is 17.1. The highest BCUT2D eigenvalue weighted by molar-refractivity contribution is 9.10. The molecule has 0 aromatic heterocycles. The van der Waals surface area contributed by atoms with E-state index in [1.165, 1.54) is 0 Å². The van der Waals surface area contributed by atoms with E-state index in [-0.39, 0.29) is 5.78 Å². The van der Waals surface area contributed by atoms with Crippen molar-refractivity contribution in [1.29, 1.82) is 0 Å². The maximum absolute atomic E-state index is 12.3. The molecule has 0 amide bonds. The van der Waals surface area contributed by atoms with E-state index in [2.05, 4.69) is 15.9 Å². The molecule has 0 fully saturated rings. The molecule has 0 atom stereocenters. The molecule has 0 unspecified atom stereocenters. The molecule has 0 spiro atoms. The van der Waals surface area contributed by atoms with Gasteiger partial charge in [0.15, 0.2) is 5.78 Å². The molecule has 0 heterocycles. The first-order valence-corrected chi connectivity index (χ1v) is 8.20. The highest BCUT2D eigenvalue weighted by Crippen LogP contribution is 2.26. The van der Waals surface area contributed by atoms with Gasteiger partial charge in [0.1, 0.15) is 0 Å². The number of aliphatic hydroxyl groups is 1. The summed E-state index contributed by atoms with van der Waals surface area (Å²) >= 11 is 3.37. The second kappa shape index (κ2) is 7.26. The van der Waals surface area contributed by atoms with E-state index < -0.39 is 18.3 Å². The van der Waals surface area contributed by atoms with E-state index in [4.69, 9.17) is 4.65 Å². The van der Waals surface area contributed by atoms with Gasteiger partial charge < -0.3 is 14.8 Å². The first-order chi connectivity index (χ1) is 10.0. The summed E-state index contributed by atoms with van der Waals surface area (Å²) < 4.78 is 6.28. The molecule has 22 heavy (non-hydrogen) atoms. The first-order valence-electron chi connectivity index (χ1n) is 7.41. The van der Waals surface area contributed by atoms with Gasteiger partial charge in [0.2, 0.25) is 0 Å². The molecule has 2 N–H and O–H groups in total. The second-order valence-electron chi connectivity index (χ2n) is 6.42. The fourth-order valence-corrected chi connectivity index (χ4v) is 2.48. The molecule has 0 saturated carbocycles. The van der Waals surface area contributed by atoms with E-state index in [9.17, 15) is 14.9 Å². The predicted octanol–water partition coefficient (Wildman–Crippen LogP) is 2.69. The predicted molar refractivity (Wildman–Crippen MR) is 92.4 cm³/mol. The van der Waals surface area contributed by atoms with Crippen molar-refractivity contribution in [2.75, 3.05) is 0 Å². The largest absolute Gasteiger partial charge is 0.492 e. The molecule has 1 rings (SSSR count). The van der Waals surface area contributed by atoms with Crippen LogP contribution < -0.4 is 5.46 Å². The Morgan fingerprint density at radius 3 is 2.41 bits per heavy atom. The van der Waals surface area contributed by atoms with Crippen LogP contribution in [0.15, 0.2) is 22.7 Å². The first kappa shape index (κ1) is 19.4. The Bertz CT molecular complexity index is 537. The summed E-state index contributed by atoms with van der Waals surface area (Å²) in [5.41, 5.74) is -1.29. The van der Waals surface area contributed by atoms with Gasteiger partial charge in [0, 0.05) is 16.5 Å². The van der Waals surface area contributed by atoms with Crippen LogP contribution in [0.1, 0.15) is 57.8 Å². The summed E-state index contributed by atoms with van der Waals surface area (Å²) in [5.74, 6) is -0.0475.